The molecule has 4 nitrogen and oxygen atoms in total. The van der Waals surface area contributed by atoms with Crippen LogP contribution in [-0.4, -0.2) is 54.2 Å². The van der Waals surface area contributed by atoms with Crippen molar-refractivity contribution in [3.8, 4) is 0 Å². The number of hydrogen-bond acceptors (Lipinski definition) is 3. The van der Waals surface area contributed by atoms with Crippen LogP contribution in [0.15, 0.2) is 0 Å². The van der Waals surface area contributed by atoms with Gasteiger partial charge in [-0.3, -0.25) is 14.5 Å². The summed E-state index contributed by atoms with van der Waals surface area (Å²) in [5.41, 5.74) is 0. The highest BCUT2D eigenvalue weighted by Crippen LogP contribution is 2.19. The zero-order chi connectivity index (χ0) is 13.5. The van der Waals surface area contributed by atoms with E-state index in [-0.39, 0.29) is 17.7 Å². The Labute approximate surface area is 110 Å². The van der Waals surface area contributed by atoms with Crippen LogP contribution in [0.25, 0.3) is 0 Å². The van der Waals surface area contributed by atoms with Gasteiger partial charge in [-0.25, -0.2) is 0 Å². The molecule has 1 saturated heterocycles. The average Bonchev–Trinajstić information content (AvgIpc) is 2.53. The van der Waals surface area contributed by atoms with Crippen molar-refractivity contribution in [1.82, 2.24) is 9.80 Å². The molecule has 104 valence electrons. The molecule has 0 aliphatic carbocycles. The number of amides is 1. The number of carbonyl (C=O) groups excluding carboxylic acids is 2. The van der Waals surface area contributed by atoms with E-state index in [9.17, 15) is 9.59 Å². The smallest absolute Gasteiger partial charge is 0.236 e. The van der Waals surface area contributed by atoms with E-state index in [0.29, 0.717) is 13.0 Å². The highest BCUT2D eigenvalue weighted by molar-refractivity contribution is 5.78. The van der Waals surface area contributed by atoms with Crippen molar-refractivity contribution in [3.63, 3.8) is 0 Å². The maximum Gasteiger partial charge on any atom is 0.236 e. The molecule has 1 amide bonds. The zero-order valence-corrected chi connectivity index (χ0v) is 11.9. The molecule has 0 aromatic carbocycles. The Morgan fingerprint density at radius 2 is 2.00 bits per heavy atom. The molecule has 1 aliphatic heterocycles. The molecule has 1 heterocycles. The fourth-order valence-corrected chi connectivity index (χ4v) is 2.48. The van der Waals surface area contributed by atoms with Crippen molar-refractivity contribution in [2.75, 3.05) is 26.7 Å². The molecule has 0 saturated carbocycles. The molecular weight excluding hydrogens is 228 g/mol. The number of nitrogens with zero attached hydrogens (tertiary/aromatic N) is 2. The molecule has 0 aromatic heterocycles. The Morgan fingerprint density at radius 1 is 1.28 bits per heavy atom. The van der Waals surface area contributed by atoms with Crippen LogP contribution in [0.2, 0.25) is 0 Å². The van der Waals surface area contributed by atoms with E-state index in [0.717, 1.165) is 25.9 Å². The van der Waals surface area contributed by atoms with E-state index in [1.807, 2.05) is 14.0 Å². The van der Waals surface area contributed by atoms with Crippen LogP contribution in [0.1, 0.15) is 46.0 Å². The second-order valence-corrected chi connectivity index (χ2v) is 5.29. The molecule has 0 N–H and O–H groups in total. The third-order valence-corrected chi connectivity index (χ3v) is 3.76. The summed E-state index contributed by atoms with van der Waals surface area (Å²) in [6.07, 6.45) is 5.15. The van der Waals surface area contributed by atoms with E-state index in [1.54, 1.807) is 11.8 Å². The molecule has 1 fully saturated rings. The summed E-state index contributed by atoms with van der Waals surface area (Å²) >= 11 is 0. The van der Waals surface area contributed by atoms with Crippen molar-refractivity contribution in [2.24, 2.45) is 0 Å². The first-order chi connectivity index (χ1) is 8.54. The van der Waals surface area contributed by atoms with Gasteiger partial charge >= 0.3 is 0 Å². The fourth-order valence-electron chi connectivity index (χ4n) is 2.48. The average molecular weight is 254 g/mol. The Balaban J connectivity index is 2.61. The maximum atomic E-state index is 12.0. The van der Waals surface area contributed by atoms with Gasteiger partial charge in [-0.1, -0.05) is 12.8 Å². The predicted molar refractivity (Wildman–Crippen MR) is 72.4 cm³/mol. The minimum absolute atomic E-state index is 0.160. The Hall–Kier alpha value is -0.900. The number of carbonyl (C=O) groups is 2. The highest BCUT2D eigenvalue weighted by atomic mass is 16.2. The fraction of sp³-hybridized carbons (Fsp3) is 0.857. The summed E-state index contributed by atoms with van der Waals surface area (Å²) in [4.78, 5) is 27.3. The third-order valence-electron chi connectivity index (χ3n) is 3.76. The largest absolute Gasteiger partial charge is 0.345 e. The first-order valence-corrected chi connectivity index (χ1v) is 7.02. The lowest BCUT2D eigenvalue weighted by atomic mass is 10.0. The first-order valence-electron chi connectivity index (χ1n) is 7.02. The van der Waals surface area contributed by atoms with Crippen LogP contribution in [-0.2, 0) is 9.59 Å². The van der Waals surface area contributed by atoms with E-state index < -0.39 is 0 Å². The van der Waals surface area contributed by atoms with E-state index in [1.165, 1.54) is 12.8 Å². The summed E-state index contributed by atoms with van der Waals surface area (Å²) in [6.45, 7) is 5.77. The van der Waals surface area contributed by atoms with Gasteiger partial charge in [-0.15, -0.1) is 0 Å². The van der Waals surface area contributed by atoms with Gasteiger partial charge in [0.1, 0.15) is 5.78 Å². The normalized spacial score (nSPS) is 21.4. The van der Waals surface area contributed by atoms with Gasteiger partial charge in [-0.05, 0) is 33.2 Å². The number of ketones is 1. The summed E-state index contributed by atoms with van der Waals surface area (Å²) in [7, 11) is 1.83. The minimum atomic E-state index is 0.160. The molecule has 1 unspecified atom stereocenters. The lowest BCUT2D eigenvalue weighted by Gasteiger charge is -2.30. The molecule has 0 bridgehead atoms. The van der Waals surface area contributed by atoms with Crippen molar-refractivity contribution >= 4 is 11.7 Å². The molecule has 18 heavy (non-hydrogen) atoms. The van der Waals surface area contributed by atoms with Crippen LogP contribution < -0.4 is 0 Å². The van der Waals surface area contributed by atoms with Gasteiger partial charge in [0.25, 0.3) is 0 Å². The third kappa shape index (κ3) is 4.77. The second kappa shape index (κ2) is 7.52. The molecule has 1 atom stereocenters. The summed E-state index contributed by atoms with van der Waals surface area (Å²) < 4.78 is 0. The zero-order valence-electron chi connectivity index (χ0n) is 11.9. The molecule has 1 aliphatic rings. The Morgan fingerprint density at radius 3 is 2.61 bits per heavy atom. The number of Topliss-reactive ketones (excluding diaryl/α,β-unsaturated/α-hetero) is 1. The van der Waals surface area contributed by atoms with E-state index >= 15 is 0 Å². The SMILES string of the molecule is CCN(C)C(=O)CN1CCCCCC1CC(C)=O. The van der Waals surface area contributed by atoms with Crippen LogP contribution >= 0.6 is 0 Å². The summed E-state index contributed by atoms with van der Waals surface area (Å²) in [6, 6.07) is 0.263. The van der Waals surface area contributed by atoms with Crippen LogP contribution in [0, 0.1) is 0 Å². The molecular formula is C14H26N2O2. The Kier molecular flexibility index (Phi) is 6.33. The standard InChI is InChI=1S/C14H26N2O2/c1-4-15(3)14(18)11-16-9-7-5-6-8-13(16)10-12(2)17/h13H,4-11H2,1-3H3. The molecule has 0 radical (unpaired) electrons. The minimum Gasteiger partial charge on any atom is -0.345 e. The van der Waals surface area contributed by atoms with Gasteiger partial charge < -0.3 is 4.90 Å². The topological polar surface area (TPSA) is 40.6 Å². The van der Waals surface area contributed by atoms with E-state index in [4.69, 9.17) is 0 Å². The molecule has 0 spiro atoms. The first kappa shape index (κ1) is 15.2. The van der Waals surface area contributed by atoms with Crippen molar-refractivity contribution in [3.05, 3.63) is 0 Å². The maximum absolute atomic E-state index is 12.0. The summed E-state index contributed by atoms with van der Waals surface area (Å²) in [5, 5.41) is 0. The van der Waals surface area contributed by atoms with Crippen LogP contribution in [0.5, 0.6) is 0 Å². The van der Waals surface area contributed by atoms with Gasteiger partial charge in [0.2, 0.25) is 5.91 Å². The number of hydrogen-bond donors (Lipinski definition) is 0. The van der Waals surface area contributed by atoms with Gasteiger partial charge in [0.15, 0.2) is 0 Å². The van der Waals surface area contributed by atoms with Gasteiger partial charge in [0, 0.05) is 26.1 Å². The molecule has 4 heteroatoms. The second-order valence-electron chi connectivity index (χ2n) is 5.29. The lowest BCUT2D eigenvalue weighted by molar-refractivity contribution is -0.132. The van der Waals surface area contributed by atoms with Crippen LogP contribution in [0.3, 0.4) is 0 Å². The number of likely N-dealkylation sites (tertiary alicyclic amines) is 1. The summed E-state index contributed by atoms with van der Waals surface area (Å²) in [5.74, 6) is 0.385. The van der Waals surface area contributed by atoms with Crippen molar-refractivity contribution in [2.45, 2.75) is 52.0 Å². The number of rotatable bonds is 5. The highest BCUT2D eigenvalue weighted by Gasteiger charge is 2.24. The van der Waals surface area contributed by atoms with Crippen molar-refractivity contribution in [1.29, 1.82) is 0 Å². The molecule has 0 aromatic rings. The monoisotopic (exact) mass is 254 g/mol. The van der Waals surface area contributed by atoms with Crippen LogP contribution in [0.4, 0.5) is 0 Å². The Bertz CT molecular complexity index is 292. The van der Waals surface area contributed by atoms with Gasteiger partial charge in [0.05, 0.1) is 6.54 Å². The molecule has 1 rings (SSSR count). The van der Waals surface area contributed by atoms with Gasteiger partial charge in [-0.2, -0.15) is 0 Å². The quantitative estimate of drug-likeness (QED) is 0.749. The number of likely N-dealkylation sites (N-methyl/N-ethyl adjacent to an activating group) is 1. The predicted octanol–water partition coefficient (Wildman–Crippen LogP) is 1.69. The lowest BCUT2D eigenvalue weighted by Crippen LogP contribution is -2.44. The van der Waals surface area contributed by atoms with E-state index in [2.05, 4.69) is 4.90 Å². The van der Waals surface area contributed by atoms with Crippen molar-refractivity contribution < 1.29 is 9.59 Å².